The molecule has 0 bridgehead atoms. The van der Waals surface area contributed by atoms with Crippen molar-refractivity contribution in [3.05, 3.63) is 42.0 Å². The normalized spacial score (nSPS) is 10.5. The number of carboxylic acid groups (broad SMARTS) is 1. The van der Waals surface area contributed by atoms with Gasteiger partial charge >= 0.3 is 5.97 Å². The van der Waals surface area contributed by atoms with Gasteiger partial charge < -0.3 is 10.8 Å². The van der Waals surface area contributed by atoms with Crippen LogP contribution < -0.4 is 5.73 Å². The Balaban J connectivity index is 2.46. The van der Waals surface area contributed by atoms with Crippen LogP contribution in [0.2, 0.25) is 0 Å². The van der Waals surface area contributed by atoms with Gasteiger partial charge in [0.1, 0.15) is 0 Å². The second-order valence-electron chi connectivity index (χ2n) is 3.79. The van der Waals surface area contributed by atoms with Crippen LogP contribution in [0.1, 0.15) is 12.0 Å². The smallest absolute Gasteiger partial charge is 0.303 e. The van der Waals surface area contributed by atoms with Gasteiger partial charge in [-0.3, -0.25) is 4.79 Å². The molecular formula is C13H13NO2. The molecule has 3 heteroatoms. The van der Waals surface area contributed by atoms with E-state index in [1.165, 1.54) is 0 Å². The summed E-state index contributed by atoms with van der Waals surface area (Å²) in [6.07, 6.45) is 0.647. The number of aliphatic carboxylic acids is 1. The van der Waals surface area contributed by atoms with E-state index >= 15 is 0 Å². The van der Waals surface area contributed by atoms with Gasteiger partial charge in [0.05, 0.1) is 0 Å². The van der Waals surface area contributed by atoms with Crippen LogP contribution in [0.25, 0.3) is 10.8 Å². The van der Waals surface area contributed by atoms with Gasteiger partial charge in [0.2, 0.25) is 0 Å². The Labute approximate surface area is 93.5 Å². The van der Waals surface area contributed by atoms with E-state index in [9.17, 15) is 4.79 Å². The second kappa shape index (κ2) is 4.23. The maximum absolute atomic E-state index is 10.6. The number of nitrogen functional groups attached to an aromatic ring is 1. The van der Waals surface area contributed by atoms with Gasteiger partial charge in [-0.25, -0.2) is 0 Å². The lowest BCUT2D eigenvalue weighted by molar-refractivity contribution is -0.136. The van der Waals surface area contributed by atoms with Crippen molar-refractivity contribution in [1.29, 1.82) is 0 Å². The summed E-state index contributed by atoms with van der Waals surface area (Å²) in [5.74, 6) is -0.786. The number of fused-ring (bicyclic) bond motifs is 1. The van der Waals surface area contributed by atoms with Crippen molar-refractivity contribution in [2.75, 3.05) is 5.73 Å². The molecule has 2 aromatic carbocycles. The van der Waals surface area contributed by atoms with Crippen molar-refractivity contribution in [1.82, 2.24) is 0 Å². The highest BCUT2D eigenvalue weighted by molar-refractivity contribution is 5.89. The minimum Gasteiger partial charge on any atom is -0.481 e. The molecule has 3 N–H and O–H groups in total. The standard InChI is InChI=1S/C13H13NO2/c14-11-7-9-3-1-2-4-12(9)10(8-11)5-6-13(15)16/h1-4,7-8H,5-6,14H2,(H,15,16). The molecule has 0 heterocycles. The molecule has 0 saturated carbocycles. The zero-order valence-electron chi connectivity index (χ0n) is 8.81. The Morgan fingerprint density at radius 3 is 2.75 bits per heavy atom. The van der Waals surface area contributed by atoms with Crippen molar-refractivity contribution < 1.29 is 9.90 Å². The number of anilines is 1. The molecule has 0 aliphatic rings. The zero-order valence-corrected chi connectivity index (χ0v) is 8.81. The summed E-state index contributed by atoms with van der Waals surface area (Å²) in [5.41, 5.74) is 7.46. The van der Waals surface area contributed by atoms with Crippen LogP contribution in [0.5, 0.6) is 0 Å². The molecule has 0 unspecified atom stereocenters. The average Bonchev–Trinajstić information content (AvgIpc) is 2.25. The highest BCUT2D eigenvalue weighted by Gasteiger charge is 2.04. The topological polar surface area (TPSA) is 63.3 Å². The van der Waals surface area contributed by atoms with Crippen molar-refractivity contribution >= 4 is 22.4 Å². The maximum atomic E-state index is 10.6. The van der Waals surface area contributed by atoms with Crippen LogP contribution in [0.3, 0.4) is 0 Å². The molecule has 2 rings (SSSR count). The molecule has 0 aliphatic carbocycles. The van der Waals surface area contributed by atoms with Crippen LogP contribution in [0.15, 0.2) is 36.4 Å². The summed E-state index contributed by atoms with van der Waals surface area (Å²) in [7, 11) is 0. The molecule has 0 amide bonds. The fraction of sp³-hybridized carbons (Fsp3) is 0.154. The van der Waals surface area contributed by atoms with E-state index in [4.69, 9.17) is 10.8 Å². The SMILES string of the molecule is Nc1cc(CCC(=O)O)c2ccccc2c1. The molecule has 0 aromatic heterocycles. The van der Waals surface area contributed by atoms with E-state index in [0.29, 0.717) is 12.1 Å². The van der Waals surface area contributed by atoms with E-state index < -0.39 is 5.97 Å². The van der Waals surface area contributed by atoms with Crippen LogP contribution in [0, 0.1) is 0 Å². The molecule has 0 spiro atoms. The van der Waals surface area contributed by atoms with Gasteiger partial charge in [-0.15, -0.1) is 0 Å². The van der Waals surface area contributed by atoms with Crippen molar-refractivity contribution in [3.63, 3.8) is 0 Å². The van der Waals surface area contributed by atoms with E-state index in [2.05, 4.69) is 0 Å². The first-order valence-electron chi connectivity index (χ1n) is 5.16. The molecule has 0 radical (unpaired) electrons. The van der Waals surface area contributed by atoms with Crippen molar-refractivity contribution in [2.24, 2.45) is 0 Å². The third-order valence-electron chi connectivity index (χ3n) is 2.58. The first kappa shape index (κ1) is 10.5. The molecule has 82 valence electrons. The predicted octanol–water partition coefficient (Wildman–Crippen LogP) is 2.44. The zero-order chi connectivity index (χ0) is 11.5. The summed E-state index contributed by atoms with van der Waals surface area (Å²) < 4.78 is 0. The lowest BCUT2D eigenvalue weighted by Gasteiger charge is -2.07. The van der Waals surface area contributed by atoms with E-state index in [1.807, 2.05) is 36.4 Å². The lowest BCUT2D eigenvalue weighted by atomic mass is 10.00. The predicted molar refractivity (Wildman–Crippen MR) is 64.3 cm³/mol. The third-order valence-corrected chi connectivity index (χ3v) is 2.58. The third kappa shape index (κ3) is 2.14. The fourth-order valence-corrected chi connectivity index (χ4v) is 1.86. The van der Waals surface area contributed by atoms with Gasteiger partial charge in [0.15, 0.2) is 0 Å². The number of nitrogens with two attached hydrogens (primary N) is 1. The number of carbonyl (C=O) groups is 1. The molecule has 2 aromatic rings. The minimum atomic E-state index is -0.786. The van der Waals surface area contributed by atoms with E-state index in [-0.39, 0.29) is 6.42 Å². The van der Waals surface area contributed by atoms with Crippen LogP contribution >= 0.6 is 0 Å². The first-order valence-corrected chi connectivity index (χ1v) is 5.16. The van der Waals surface area contributed by atoms with Crippen molar-refractivity contribution in [2.45, 2.75) is 12.8 Å². The second-order valence-corrected chi connectivity index (χ2v) is 3.79. The van der Waals surface area contributed by atoms with E-state index in [0.717, 1.165) is 16.3 Å². The van der Waals surface area contributed by atoms with Crippen LogP contribution in [0.4, 0.5) is 5.69 Å². The summed E-state index contributed by atoms with van der Waals surface area (Å²) in [6.45, 7) is 0. The number of carboxylic acids is 1. The first-order chi connectivity index (χ1) is 7.66. The lowest BCUT2D eigenvalue weighted by Crippen LogP contribution is -1.99. The monoisotopic (exact) mass is 215 g/mol. The molecule has 0 atom stereocenters. The Kier molecular flexibility index (Phi) is 2.77. The molecular weight excluding hydrogens is 202 g/mol. The summed E-state index contributed by atoms with van der Waals surface area (Å²) in [5, 5.41) is 10.8. The van der Waals surface area contributed by atoms with Crippen LogP contribution in [-0.4, -0.2) is 11.1 Å². The van der Waals surface area contributed by atoms with Gasteiger partial charge in [0, 0.05) is 12.1 Å². The van der Waals surface area contributed by atoms with Crippen molar-refractivity contribution in [3.8, 4) is 0 Å². The Morgan fingerprint density at radius 2 is 2.00 bits per heavy atom. The summed E-state index contributed by atoms with van der Waals surface area (Å²) in [4.78, 5) is 10.6. The van der Waals surface area contributed by atoms with E-state index in [1.54, 1.807) is 0 Å². The van der Waals surface area contributed by atoms with Gasteiger partial charge in [-0.05, 0) is 34.9 Å². The minimum absolute atomic E-state index is 0.132. The number of hydrogen-bond donors (Lipinski definition) is 2. The molecule has 0 fully saturated rings. The quantitative estimate of drug-likeness (QED) is 0.773. The van der Waals surface area contributed by atoms with Gasteiger partial charge in [-0.1, -0.05) is 24.3 Å². The highest BCUT2D eigenvalue weighted by Crippen LogP contribution is 2.23. The number of rotatable bonds is 3. The number of benzene rings is 2. The molecule has 0 aliphatic heterocycles. The number of aryl methyl sites for hydroxylation is 1. The summed E-state index contributed by atoms with van der Waals surface area (Å²) >= 11 is 0. The Bertz CT molecular complexity index is 534. The number of hydrogen-bond acceptors (Lipinski definition) is 2. The maximum Gasteiger partial charge on any atom is 0.303 e. The molecule has 3 nitrogen and oxygen atoms in total. The molecule has 16 heavy (non-hydrogen) atoms. The summed E-state index contributed by atoms with van der Waals surface area (Å²) in [6, 6.07) is 11.6. The Hall–Kier alpha value is -2.03. The van der Waals surface area contributed by atoms with Crippen LogP contribution in [-0.2, 0) is 11.2 Å². The fourth-order valence-electron chi connectivity index (χ4n) is 1.86. The van der Waals surface area contributed by atoms with Gasteiger partial charge in [-0.2, -0.15) is 0 Å². The highest BCUT2D eigenvalue weighted by atomic mass is 16.4. The average molecular weight is 215 g/mol. The molecule has 0 saturated heterocycles. The Morgan fingerprint density at radius 1 is 1.25 bits per heavy atom. The largest absolute Gasteiger partial charge is 0.481 e. The van der Waals surface area contributed by atoms with Gasteiger partial charge in [0.25, 0.3) is 0 Å².